The van der Waals surface area contributed by atoms with Crippen LogP contribution in [0.1, 0.15) is 6.42 Å². The number of rotatable bonds is 5. The van der Waals surface area contributed by atoms with Crippen molar-refractivity contribution in [2.75, 3.05) is 13.7 Å². The zero-order valence-corrected chi connectivity index (χ0v) is 10.5. The van der Waals surface area contributed by atoms with Crippen LogP contribution >= 0.6 is 0 Å². The minimum absolute atomic E-state index is 0.0779. The topological polar surface area (TPSA) is 44.8 Å². The molecule has 4 nitrogen and oxygen atoms in total. The fraction of sp³-hybridized carbons (Fsp3) is 0.500. The molecule has 2 aliphatic rings. The summed E-state index contributed by atoms with van der Waals surface area (Å²) in [6, 6.07) is 0. The van der Waals surface area contributed by atoms with Gasteiger partial charge in [-0.1, -0.05) is 12.2 Å². The second kappa shape index (κ2) is 5.40. The van der Waals surface area contributed by atoms with Crippen molar-refractivity contribution < 1.29 is 19.0 Å². The van der Waals surface area contributed by atoms with Crippen LogP contribution in [0.2, 0.25) is 0 Å². The molecule has 0 bridgehead atoms. The van der Waals surface area contributed by atoms with Crippen molar-refractivity contribution in [2.24, 2.45) is 11.8 Å². The van der Waals surface area contributed by atoms with Gasteiger partial charge in [-0.2, -0.15) is 0 Å². The van der Waals surface area contributed by atoms with Crippen LogP contribution < -0.4 is 0 Å². The summed E-state index contributed by atoms with van der Waals surface area (Å²) in [4.78, 5) is 11.0. The minimum atomic E-state index is -0.350. The lowest BCUT2D eigenvalue weighted by molar-refractivity contribution is -0.135. The van der Waals surface area contributed by atoms with Gasteiger partial charge in [0.1, 0.15) is 18.5 Å². The van der Waals surface area contributed by atoms with Crippen LogP contribution in [-0.4, -0.2) is 31.9 Å². The highest BCUT2D eigenvalue weighted by Crippen LogP contribution is 2.38. The Labute approximate surface area is 107 Å². The normalized spacial score (nSPS) is 34.9. The third-order valence-electron chi connectivity index (χ3n) is 3.54. The molecule has 0 radical (unpaired) electrons. The molecule has 1 heterocycles. The molecule has 1 saturated carbocycles. The molecule has 0 spiro atoms. The van der Waals surface area contributed by atoms with E-state index < -0.39 is 0 Å². The molecule has 18 heavy (non-hydrogen) atoms. The summed E-state index contributed by atoms with van der Waals surface area (Å²) >= 11 is 0. The Balaban J connectivity index is 2.12. The van der Waals surface area contributed by atoms with Crippen LogP contribution in [0.4, 0.5) is 0 Å². The predicted octanol–water partition coefficient (Wildman–Crippen LogP) is 1.84. The van der Waals surface area contributed by atoms with E-state index in [0.717, 1.165) is 6.42 Å². The fourth-order valence-corrected chi connectivity index (χ4v) is 2.59. The molecule has 0 aromatic heterocycles. The maximum Gasteiger partial charge on any atom is 0.334 e. The number of methoxy groups -OCH3 is 1. The van der Waals surface area contributed by atoms with E-state index in [0.29, 0.717) is 5.76 Å². The molecular formula is C14H18O4. The van der Waals surface area contributed by atoms with Crippen molar-refractivity contribution in [2.45, 2.75) is 18.6 Å². The average Bonchev–Trinajstić information content (AvgIpc) is 2.93. The molecule has 4 heteroatoms. The highest BCUT2D eigenvalue weighted by atomic mass is 16.6. The van der Waals surface area contributed by atoms with Gasteiger partial charge >= 0.3 is 5.97 Å². The van der Waals surface area contributed by atoms with Gasteiger partial charge in [0.05, 0.1) is 12.2 Å². The van der Waals surface area contributed by atoms with E-state index in [2.05, 4.69) is 13.2 Å². The van der Waals surface area contributed by atoms with E-state index in [9.17, 15) is 4.79 Å². The van der Waals surface area contributed by atoms with Crippen LogP contribution in [0.15, 0.2) is 37.1 Å². The van der Waals surface area contributed by atoms with Gasteiger partial charge in [0, 0.05) is 18.9 Å². The molecule has 0 aromatic rings. The van der Waals surface area contributed by atoms with Gasteiger partial charge in [-0.15, -0.1) is 13.2 Å². The van der Waals surface area contributed by atoms with Gasteiger partial charge in [0.2, 0.25) is 0 Å². The van der Waals surface area contributed by atoms with E-state index in [-0.39, 0.29) is 36.6 Å². The maximum absolute atomic E-state index is 11.0. The number of carbonyl (C=O) groups is 1. The van der Waals surface area contributed by atoms with Crippen LogP contribution in [-0.2, 0) is 19.0 Å². The number of cyclic esters (lactones) is 1. The number of carbonyl (C=O) groups excluding carboxylic acids is 1. The zero-order chi connectivity index (χ0) is 13.1. The van der Waals surface area contributed by atoms with Crippen molar-refractivity contribution >= 4 is 5.97 Å². The summed E-state index contributed by atoms with van der Waals surface area (Å²) in [5, 5.41) is 0. The smallest absolute Gasteiger partial charge is 0.334 e. The molecule has 98 valence electrons. The van der Waals surface area contributed by atoms with Crippen LogP contribution in [0.3, 0.4) is 0 Å². The highest BCUT2D eigenvalue weighted by molar-refractivity contribution is 5.84. The van der Waals surface area contributed by atoms with Gasteiger partial charge in [-0.25, -0.2) is 4.79 Å². The minimum Gasteiger partial charge on any atom is -0.490 e. The summed E-state index contributed by atoms with van der Waals surface area (Å²) in [6.45, 7) is 7.88. The second-order valence-corrected chi connectivity index (χ2v) is 4.52. The summed E-state index contributed by atoms with van der Waals surface area (Å²) < 4.78 is 16.1. The van der Waals surface area contributed by atoms with Crippen LogP contribution in [0.5, 0.6) is 0 Å². The molecule has 0 N–H and O–H groups in total. The van der Waals surface area contributed by atoms with Crippen LogP contribution in [0, 0.1) is 11.8 Å². The number of esters is 1. The Morgan fingerprint density at radius 3 is 2.72 bits per heavy atom. The van der Waals surface area contributed by atoms with Gasteiger partial charge in [-0.05, 0) is 6.42 Å². The molecule has 0 amide bonds. The first-order valence-electron chi connectivity index (χ1n) is 6.01. The molecular weight excluding hydrogens is 232 g/mol. The summed E-state index contributed by atoms with van der Waals surface area (Å²) in [7, 11) is 1.69. The molecule has 1 fully saturated rings. The van der Waals surface area contributed by atoms with Crippen molar-refractivity contribution in [1.29, 1.82) is 0 Å². The molecule has 0 saturated heterocycles. The van der Waals surface area contributed by atoms with E-state index in [1.165, 1.54) is 6.08 Å². The van der Waals surface area contributed by atoms with Crippen molar-refractivity contribution in [3.05, 3.63) is 37.1 Å². The molecule has 1 aliphatic carbocycles. The lowest BCUT2D eigenvalue weighted by Crippen LogP contribution is -2.27. The van der Waals surface area contributed by atoms with Gasteiger partial charge in [0.15, 0.2) is 0 Å². The Bertz CT molecular complexity index is 385. The van der Waals surface area contributed by atoms with Gasteiger partial charge < -0.3 is 14.2 Å². The third-order valence-corrected chi connectivity index (χ3v) is 3.54. The Morgan fingerprint density at radius 2 is 2.22 bits per heavy atom. The lowest BCUT2D eigenvalue weighted by Gasteiger charge is -2.24. The van der Waals surface area contributed by atoms with Crippen molar-refractivity contribution in [3.8, 4) is 0 Å². The average molecular weight is 250 g/mol. The van der Waals surface area contributed by atoms with E-state index in [1.807, 2.05) is 12.2 Å². The van der Waals surface area contributed by atoms with E-state index >= 15 is 0 Å². The largest absolute Gasteiger partial charge is 0.490 e. The quantitative estimate of drug-likeness (QED) is 0.551. The monoisotopic (exact) mass is 250 g/mol. The number of ether oxygens (including phenoxy) is 3. The summed E-state index contributed by atoms with van der Waals surface area (Å²) in [5.74, 6) is 0.501. The lowest BCUT2D eigenvalue weighted by atomic mass is 10.00. The molecule has 1 aliphatic heterocycles. The number of hydrogen-bond donors (Lipinski definition) is 0. The van der Waals surface area contributed by atoms with E-state index in [1.54, 1.807) is 7.11 Å². The third kappa shape index (κ3) is 2.34. The SMILES string of the molecule is C=C[C@H]1[C@@H](OC2=CC(=O)OC2)[C@@H](C=C)C[C@@H]1OC. The van der Waals surface area contributed by atoms with Crippen molar-refractivity contribution in [3.63, 3.8) is 0 Å². The maximum atomic E-state index is 11.0. The summed E-state index contributed by atoms with van der Waals surface area (Å²) in [5.41, 5.74) is 0. The predicted molar refractivity (Wildman–Crippen MR) is 66.7 cm³/mol. The van der Waals surface area contributed by atoms with Crippen molar-refractivity contribution in [1.82, 2.24) is 0 Å². The highest BCUT2D eigenvalue weighted by Gasteiger charge is 2.42. The molecule has 2 rings (SSSR count). The van der Waals surface area contributed by atoms with E-state index in [4.69, 9.17) is 14.2 Å². The molecule has 4 atom stereocenters. The second-order valence-electron chi connectivity index (χ2n) is 4.52. The fourth-order valence-electron chi connectivity index (χ4n) is 2.59. The Morgan fingerprint density at radius 1 is 1.44 bits per heavy atom. The summed E-state index contributed by atoms with van der Waals surface area (Å²) in [6.07, 6.45) is 5.95. The first kappa shape index (κ1) is 12.9. The van der Waals surface area contributed by atoms with Gasteiger partial charge in [0.25, 0.3) is 0 Å². The molecule has 0 unspecified atom stereocenters. The first-order chi connectivity index (χ1) is 8.69. The van der Waals surface area contributed by atoms with Gasteiger partial charge in [-0.3, -0.25) is 0 Å². The zero-order valence-electron chi connectivity index (χ0n) is 10.5. The Hall–Kier alpha value is -1.55. The van der Waals surface area contributed by atoms with Crippen LogP contribution in [0.25, 0.3) is 0 Å². The first-order valence-corrected chi connectivity index (χ1v) is 6.01. The number of hydrogen-bond acceptors (Lipinski definition) is 4. The standard InChI is InChI=1S/C14H18O4/c1-4-9-6-12(16-3)11(5-2)14(9)18-10-7-13(15)17-8-10/h4-5,7,9,11-12,14H,1-2,6,8H2,3H3/t9-,11+,12-,14-/m0/s1. The molecule has 0 aromatic carbocycles. The Kier molecular flexibility index (Phi) is 3.87.